The molecule has 96 valence electrons. The first-order valence-electron chi connectivity index (χ1n) is 6.48. The molecule has 1 fully saturated rings. The Hall–Kier alpha value is -1.55. The molecule has 2 unspecified atom stereocenters. The fourth-order valence-electron chi connectivity index (χ4n) is 2.54. The summed E-state index contributed by atoms with van der Waals surface area (Å²) in [4.78, 5) is 12.0. The molecule has 3 rings (SSSR count). The number of hydrogen-bond acceptors (Lipinski definition) is 3. The van der Waals surface area contributed by atoms with E-state index < -0.39 is 0 Å². The van der Waals surface area contributed by atoms with Crippen LogP contribution in [0.3, 0.4) is 0 Å². The Morgan fingerprint density at radius 1 is 1.22 bits per heavy atom. The van der Waals surface area contributed by atoms with Crippen LogP contribution in [0.5, 0.6) is 5.75 Å². The van der Waals surface area contributed by atoms with E-state index in [2.05, 4.69) is 5.32 Å². The van der Waals surface area contributed by atoms with E-state index in [1.807, 2.05) is 24.3 Å². The molecule has 2 heterocycles. The van der Waals surface area contributed by atoms with E-state index in [0.29, 0.717) is 13.2 Å². The van der Waals surface area contributed by atoms with Crippen molar-refractivity contribution < 1.29 is 14.3 Å². The van der Waals surface area contributed by atoms with Crippen LogP contribution in [0.2, 0.25) is 0 Å². The molecule has 1 amide bonds. The molecule has 0 aromatic heterocycles. The lowest BCUT2D eigenvalue weighted by molar-refractivity contribution is -0.131. The second-order valence-electron chi connectivity index (χ2n) is 4.74. The number of para-hydroxylation sites is 1. The molecule has 4 nitrogen and oxygen atoms in total. The van der Waals surface area contributed by atoms with Crippen molar-refractivity contribution in [3.8, 4) is 5.75 Å². The minimum atomic E-state index is -0.264. The predicted molar refractivity (Wildman–Crippen MR) is 66.4 cm³/mol. The molecular weight excluding hydrogens is 230 g/mol. The summed E-state index contributed by atoms with van der Waals surface area (Å²) in [7, 11) is 0. The third-order valence-corrected chi connectivity index (χ3v) is 3.50. The van der Waals surface area contributed by atoms with Crippen molar-refractivity contribution in [1.29, 1.82) is 0 Å². The summed E-state index contributed by atoms with van der Waals surface area (Å²) in [6, 6.07) is 7.92. The molecule has 1 aromatic carbocycles. The maximum Gasteiger partial charge on any atom is 0.249 e. The van der Waals surface area contributed by atoms with Crippen LogP contribution >= 0.6 is 0 Å². The molecule has 1 N–H and O–H groups in total. The highest BCUT2D eigenvalue weighted by molar-refractivity contribution is 5.81. The van der Waals surface area contributed by atoms with Gasteiger partial charge in [0.1, 0.15) is 11.9 Å². The number of nitrogens with one attached hydrogen (secondary N) is 1. The molecule has 2 aliphatic rings. The molecule has 2 aliphatic heterocycles. The molecule has 0 bridgehead atoms. The molecule has 1 aromatic rings. The zero-order valence-corrected chi connectivity index (χ0v) is 10.2. The number of rotatable bonds is 2. The summed E-state index contributed by atoms with van der Waals surface area (Å²) in [5.74, 6) is 0.885. The number of fused-ring (bicyclic) bond motifs is 1. The zero-order chi connectivity index (χ0) is 12.4. The van der Waals surface area contributed by atoms with E-state index in [0.717, 1.165) is 30.6 Å². The smallest absolute Gasteiger partial charge is 0.249 e. The first kappa shape index (κ1) is 11.5. The average molecular weight is 247 g/mol. The summed E-state index contributed by atoms with van der Waals surface area (Å²) < 4.78 is 11.0. The van der Waals surface area contributed by atoms with Gasteiger partial charge in [0.15, 0.2) is 0 Å². The Bertz CT molecular complexity index is 440. The molecule has 0 radical (unpaired) electrons. The standard InChI is InChI=1S/C14H17NO3/c16-14(13-6-3-8-17-13)15-11-7-9-18-12-5-2-1-4-10(11)12/h1-2,4-5,11,13H,3,6-9H2,(H,15,16). The topological polar surface area (TPSA) is 47.6 Å². The Kier molecular flexibility index (Phi) is 3.19. The number of amides is 1. The van der Waals surface area contributed by atoms with Gasteiger partial charge in [-0.25, -0.2) is 0 Å². The number of hydrogen-bond donors (Lipinski definition) is 1. The van der Waals surface area contributed by atoms with E-state index >= 15 is 0 Å². The van der Waals surface area contributed by atoms with Crippen molar-refractivity contribution in [2.45, 2.75) is 31.4 Å². The van der Waals surface area contributed by atoms with E-state index in [4.69, 9.17) is 9.47 Å². The Labute approximate surface area is 106 Å². The highest BCUT2D eigenvalue weighted by atomic mass is 16.5. The summed E-state index contributed by atoms with van der Waals surface area (Å²) in [5, 5.41) is 3.07. The van der Waals surface area contributed by atoms with Crippen molar-refractivity contribution in [3.05, 3.63) is 29.8 Å². The van der Waals surface area contributed by atoms with Crippen LogP contribution < -0.4 is 10.1 Å². The number of carbonyl (C=O) groups is 1. The first-order chi connectivity index (χ1) is 8.84. The third-order valence-electron chi connectivity index (χ3n) is 3.50. The van der Waals surface area contributed by atoms with Gasteiger partial charge in [-0.2, -0.15) is 0 Å². The number of ether oxygens (including phenoxy) is 2. The monoisotopic (exact) mass is 247 g/mol. The van der Waals surface area contributed by atoms with Crippen LogP contribution in [-0.2, 0) is 9.53 Å². The van der Waals surface area contributed by atoms with Crippen LogP contribution in [0.15, 0.2) is 24.3 Å². The van der Waals surface area contributed by atoms with E-state index in [-0.39, 0.29) is 18.1 Å². The van der Waals surface area contributed by atoms with Crippen LogP contribution in [-0.4, -0.2) is 25.2 Å². The fourth-order valence-corrected chi connectivity index (χ4v) is 2.54. The molecule has 0 spiro atoms. The van der Waals surface area contributed by atoms with Crippen molar-refractivity contribution in [3.63, 3.8) is 0 Å². The normalized spacial score (nSPS) is 26.2. The minimum absolute atomic E-state index is 0.00852. The molecule has 0 saturated carbocycles. The van der Waals surface area contributed by atoms with Crippen LogP contribution in [0.25, 0.3) is 0 Å². The molecule has 18 heavy (non-hydrogen) atoms. The third kappa shape index (κ3) is 2.20. The molecule has 0 aliphatic carbocycles. The summed E-state index contributed by atoms with van der Waals surface area (Å²) in [6.07, 6.45) is 2.36. The summed E-state index contributed by atoms with van der Waals surface area (Å²) in [6.45, 7) is 1.34. The number of carbonyl (C=O) groups excluding carboxylic acids is 1. The van der Waals surface area contributed by atoms with Crippen LogP contribution in [0.1, 0.15) is 30.9 Å². The van der Waals surface area contributed by atoms with Gasteiger partial charge in [0, 0.05) is 18.6 Å². The van der Waals surface area contributed by atoms with Gasteiger partial charge in [0.2, 0.25) is 5.91 Å². The molecule has 4 heteroatoms. The van der Waals surface area contributed by atoms with Crippen LogP contribution in [0.4, 0.5) is 0 Å². The SMILES string of the molecule is O=C(NC1CCOc2ccccc21)C1CCCO1. The van der Waals surface area contributed by atoms with Gasteiger partial charge in [-0.3, -0.25) is 4.79 Å². The van der Waals surface area contributed by atoms with Crippen LogP contribution in [0, 0.1) is 0 Å². The maximum absolute atomic E-state index is 12.0. The van der Waals surface area contributed by atoms with E-state index in [1.54, 1.807) is 0 Å². The molecular formula is C14H17NO3. The van der Waals surface area contributed by atoms with Crippen molar-refractivity contribution >= 4 is 5.91 Å². The highest BCUT2D eigenvalue weighted by Gasteiger charge is 2.28. The summed E-state index contributed by atoms with van der Waals surface area (Å²) in [5.41, 5.74) is 1.06. The van der Waals surface area contributed by atoms with Gasteiger partial charge in [-0.05, 0) is 18.9 Å². The second-order valence-corrected chi connectivity index (χ2v) is 4.74. The van der Waals surface area contributed by atoms with Gasteiger partial charge >= 0.3 is 0 Å². The minimum Gasteiger partial charge on any atom is -0.493 e. The van der Waals surface area contributed by atoms with Crippen molar-refractivity contribution in [2.24, 2.45) is 0 Å². The van der Waals surface area contributed by atoms with Gasteiger partial charge in [0.25, 0.3) is 0 Å². The first-order valence-corrected chi connectivity index (χ1v) is 6.48. The Balaban J connectivity index is 1.72. The highest BCUT2D eigenvalue weighted by Crippen LogP contribution is 2.31. The van der Waals surface area contributed by atoms with Gasteiger partial charge in [-0.15, -0.1) is 0 Å². The fraction of sp³-hybridized carbons (Fsp3) is 0.500. The summed E-state index contributed by atoms with van der Waals surface area (Å²) >= 11 is 0. The maximum atomic E-state index is 12.0. The lowest BCUT2D eigenvalue weighted by Gasteiger charge is -2.27. The largest absolute Gasteiger partial charge is 0.493 e. The van der Waals surface area contributed by atoms with Gasteiger partial charge in [0.05, 0.1) is 12.6 Å². The lowest BCUT2D eigenvalue weighted by atomic mass is 10.0. The number of benzene rings is 1. The van der Waals surface area contributed by atoms with Crippen molar-refractivity contribution in [2.75, 3.05) is 13.2 Å². The van der Waals surface area contributed by atoms with Gasteiger partial charge < -0.3 is 14.8 Å². The van der Waals surface area contributed by atoms with Gasteiger partial charge in [-0.1, -0.05) is 18.2 Å². The predicted octanol–water partition coefficient (Wildman–Crippen LogP) is 1.81. The zero-order valence-electron chi connectivity index (χ0n) is 10.2. The quantitative estimate of drug-likeness (QED) is 0.867. The Morgan fingerprint density at radius 2 is 2.11 bits per heavy atom. The Morgan fingerprint density at radius 3 is 2.94 bits per heavy atom. The average Bonchev–Trinajstić information content (AvgIpc) is 2.93. The van der Waals surface area contributed by atoms with E-state index in [9.17, 15) is 4.79 Å². The molecule has 1 saturated heterocycles. The van der Waals surface area contributed by atoms with E-state index in [1.165, 1.54) is 0 Å². The van der Waals surface area contributed by atoms with Crippen molar-refractivity contribution in [1.82, 2.24) is 5.32 Å². The second kappa shape index (κ2) is 4.98. The molecule has 2 atom stereocenters. The lowest BCUT2D eigenvalue weighted by Crippen LogP contribution is -2.38.